The molecule has 1 unspecified atom stereocenters. The molecule has 0 amide bonds. The minimum absolute atomic E-state index is 0.727. The molecule has 0 bridgehead atoms. The van der Waals surface area contributed by atoms with Gasteiger partial charge in [-0.25, -0.2) is 0 Å². The third kappa shape index (κ3) is 2.15. The van der Waals surface area contributed by atoms with E-state index < -0.39 is 0 Å². The largest absolute Gasteiger partial charge is 0.312 e. The topological polar surface area (TPSA) is 12.0 Å². The third-order valence-electron chi connectivity index (χ3n) is 3.63. The fourth-order valence-electron chi connectivity index (χ4n) is 2.49. The van der Waals surface area contributed by atoms with E-state index in [-0.39, 0.29) is 0 Å². The predicted molar refractivity (Wildman–Crippen MR) is 73.6 cm³/mol. The zero-order valence-corrected chi connectivity index (χ0v) is 10.9. The molecule has 1 aromatic carbocycles. The molecule has 3 rings (SSSR count). The summed E-state index contributed by atoms with van der Waals surface area (Å²) in [5, 5.41) is 8.04. The van der Waals surface area contributed by atoms with Crippen molar-refractivity contribution in [3.63, 3.8) is 0 Å². The Morgan fingerprint density at radius 2 is 2.18 bits per heavy atom. The van der Waals surface area contributed by atoms with Gasteiger partial charge in [-0.1, -0.05) is 24.3 Å². The van der Waals surface area contributed by atoms with Crippen molar-refractivity contribution >= 4 is 11.3 Å². The van der Waals surface area contributed by atoms with Crippen LogP contribution < -0.4 is 5.32 Å². The molecule has 1 aliphatic rings. The quantitative estimate of drug-likeness (QED) is 0.867. The van der Waals surface area contributed by atoms with Crippen LogP contribution in [0.25, 0.3) is 0 Å². The van der Waals surface area contributed by atoms with Crippen LogP contribution in [0.3, 0.4) is 0 Å². The van der Waals surface area contributed by atoms with Crippen LogP contribution in [0.1, 0.15) is 28.2 Å². The second kappa shape index (κ2) is 4.63. The second-order valence-corrected chi connectivity index (χ2v) is 5.55. The van der Waals surface area contributed by atoms with Crippen molar-refractivity contribution < 1.29 is 0 Å². The summed E-state index contributed by atoms with van der Waals surface area (Å²) in [4.78, 5) is 0. The zero-order chi connectivity index (χ0) is 11.7. The molecule has 0 saturated heterocycles. The molecule has 0 radical (unpaired) electrons. The van der Waals surface area contributed by atoms with E-state index in [2.05, 4.69) is 47.3 Å². The predicted octanol–water partition coefficient (Wildman–Crippen LogP) is 3.49. The normalized spacial score (nSPS) is 17.6. The summed E-state index contributed by atoms with van der Waals surface area (Å²) < 4.78 is 0. The van der Waals surface area contributed by atoms with E-state index >= 15 is 0 Å². The van der Waals surface area contributed by atoms with Crippen molar-refractivity contribution in [2.75, 3.05) is 6.54 Å². The summed E-state index contributed by atoms with van der Waals surface area (Å²) in [7, 11) is 0. The summed E-state index contributed by atoms with van der Waals surface area (Å²) in [6.45, 7) is 4.30. The third-order valence-corrected chi connectivity index (χ3v) is 4.54. The minimum Gasteiger partial charge on any atom is -0.312 e. The van der Waals surface area contributed by atoms with Gasteiger partial charge in [-0.2, -0.15) is 11.3 Å². The van der Waals surface area contributed by atoms with Gasteiger partial charge in [-0.05, 0) is 46.4 Å². The number of nitrogens with one attached hydrogen (secondary N) is 1. The van der Waals surface area contributed by atoms with E-state index in [1.165, 1.54) is 23.1 Å². The maximum absolute atomic E-state index is 3.58. The molecule has 0 spiro atoms. The van der Waals surface area contributed by atoms with Gasteiger partial charge < -0.3 is 5.32 Å². The van der Waals surface area contributed by atoms with Crippen LogP contribution in [0, 0.1) is 6.92 Å². The Balaban J connectivity index is 1.53. The van der Waals surface area contributed by atoms with Gasteiger partial charge in [-0.3, -0.25) is 0 Å². The van der Waals surface area contributed by atoms with Gasteiger partial charge in [0.05, 0.1) is 0 Å². The van der Waals surface area contributed by atoms with Crippen LogP contribution in [-0.2, 0) is 13.0 Å². The van der Waals surface area contributed by atoms with E-state index in [4.69, 9.17) is 0 Å². The molecule has 2 heteroatoms. The van der Waals surface area contributed by atoms with Crippen molar-refractivity contribution in [2.24, 2.45) is 0 Å². The van der Waals surface area contributed by atoms with Crippen molar-refractivity contribution in [2.45, 2.75) is 25.8 Å². The number of rotatable bonds is 4. The number of benzene rings is 1. The highest BCUT2D eigenvalue weighted by Gasteiger charge is 2.24. The van der Waals surface area contributed by atoms with Gasteiger partial charge in [0, 0.05) is 19.0 Å². The minimum atomic E-state index is 0.727. The van der Waals surface area contributed by atoms with Gasteiger partial charge in [-0.15, -0.1) is 0 Å². The molecule has 17 heavy (non-hydrogen) atoms. The van der Waals surface area contributed by atoms with Crippen LogP contribution in [0.2, 0.25) is 0 Å². The van der Waals surface area contributed by atoms with Crippen molar-refractivity contribution in [1.29, 1.82) is 0 Å². The first kappa shape index (κ1) is 11.0. The average Bonchev–Trinajstić information content (AvgIpc) is 2.71. The van der Waals surface area contributed by atoms with Gasteiger partial charge in [0.25, 0.3) is 0 Å². The fraction of sp³-hybridized carbons (Fsp3) is 0.333. The maximum Gasteiger partial charge on any atom is 0.0216 e. The lowest BCUT2D eigenvalue weighted by atomic mass is 9.77. The Morgan fingerprint density at radius 3 is 2.94 bits per heavy atom. The second-order valence-electron chi connectivity index (χ2n) is 4.81. The molecule has 1 atom stereocenters. The molecule has 0 aliphatic heterocycles. The Kier molecular flexibility index (Phi) is 3.00. The monoisotopic (exact) mass is 243 g/mol. The van der Waals surface area contributed by atoms with E-state index in [9.17, 15) is 0 Å². The van der Waals surface area contributed by atoms with Crippen LogP contribution >= 0.6 is 11.3 Å². The lowest BCUT2D eigenvalue weighted by molar-refractivity contribution is 0.535. The zero-order valence-electron chi connectivity index (χ0n) is 10.1. The van der Waals surface area contributed by atoms with Crippen LogP contribution in [0.15, 0.2) is 35.0 Å². The van der Waals surface area contributed by atoms with E-state index in [0.717, 1.165) is 19.0 Å². The highest BCUT2D eigenvalue weighted by atomic mass is 32.1. The SMILES string of the molecule is Cc1cscc1CNCC1Cc2ccccc21. The first-order chi connectivity index (χ1) is 8.34. The lowest BCUT2D eigenvalue weighted by Gasteiger charge is -2.30. The molecular weight excluding hydrogens is 226 g/mol. The lowest BCUT2D eigenvalue weighted by Crippen LogP contribution is -2.28. The van der Waals surface area contributed by atoms with Gasteiger partial charge in [0.1, 0.15) is 0 Å². The van der Waals surface area contributed by atoms with E-state index in [1.807, 2.05) is 0 Å². The first-order valence-corrected chi connectivity index (χ1v) is 7.09. The summed E-state index contributed by atoms with van der Waals surface area (Å²) in [5.41, 5.74) is 5.94. The average molecular weight is 243 g/mol. The summed E-state index contributed by atoms with van der Waals surface area (Å²) in [6, 6.07) is 8.79. The first-order valence-electron chi connectivity index (χ1n) is 6.15. The number of hydrogen-bond donors (Lipinski definition) is 1. The fourth-order valence-corrected chi connectivity index (χ4v) is 3.35. The highest BCUT2D eigenvalue weighted by Crippen LogP contribution is 2.34. The summed E-state index contributed by atoms with van der Waals surface area (Å²) in [5.74, 6) is 0.727. The van der Waals surface area contributed by atoms with Crippen molar-refractivity contribution in [3.8, 4) is 0 Å². The number of aryl methyl sites for hydroxylation is 1. The maximum atomic E-state index is 3.58. The molecule has 88 valence electrons. The highest BCUT2D eigenvalue weighted by molar-refractivity contribution is 7.08. The molecule has 1 N–H and O–H groups in total. The van der Waals surface area contributed by atoms with E-state index in [1.54, 1.807) is 16.9 Å². The smallest absolute Gasteiger partial charge is 0.0216 e. The van der Waals surface area contributed by atoms with Gasteiger partial charge in [0.2, 0.25) is 0 Å². The Labute approximate surface area is 106 Å². The Morgan fingerprint density at radius 1 is 1.29 bits per heavy atom. The van der Waals surface area contributed by atoms with Crippen LogP contribution in [-0.4, -0.2) is 6.54 Å². The number of fused-ring (bicyclic) bond motifs is 1. The molecule has 1 aromatic heterocycles. The van der Waals surface area contributed by atoms with Crippen LogP contribution in [0.5, 0.6) is 0 Å². The molecule has 1 nitrogen and oxygen atoms in total. The molecule has 1 heterocycles. The van der Waals surface area contributed by atoms with Crippen molar-refractivity contribution in [3.05, 3.63) is 57.3 Å². The number of hydrogen-bond acceptors (Lipinski definition) is 2. The molecular formula is C15H17NS. The summed E-state index contributed by atoms with van der Waals surface area (Å²) in [6.07, 6.45) is 1.24. The Bertz CT molecular complexity index is 515. The molecule has 0 fully saturated rings. The summed E-state index contributed by atoms with van der Waals surface area (Å²) >= 11 is 1.79. The van der Waals surface area contributed by atoms with E-state index in [0.29, 0.717) is 0 Å². The molecule has 0 saturated carbocycles. The number of thiophene rings is 1. The van der Waals surface area contributed by atoms with Crippen LogP contribution in [0.4, 0.5) is 0 Å². The Hall–Kier alpha value is -1.12. The van der Waals surface area contributed by atoms with Crippen molar-refractivity contribution in [1.82, 2.24) is 5.32 Å². The molecule has 2 aromatic rings. The standard InChI is InChI=1S/C15H17NS/c1-11-9-17-10-14(11)8-16-7-13-6-12-4-2-3-5-15(12)13/h2-5,9-10,13,16H,6-8H2,1H3. The van der Waals surface area contributed by atoms with Gasteiger partial charge >= 0.3 is 0 Å². The molecule has 1 aliphatic carbocycles. The van der Waals surface area contributed by atoms with Gasteiger partial charge in [0.15, 0.2) is 0 Å².